The van der Waals surface area contributed by atoms with Gasteiger partial charge in [0.15, 0.2) is 6.10 Å². The number of thiophene rings is 1. The molecule has 4 aliphatic heterocycles. The van der Waals surface area contributed by atoms with Crippen molar-refractivity contribution < 1.29 is 19.1 Å². The molecule has 3 fully saturated rings. The maximum atomic E-state index is 13.9. The Morgan fingerprint density at radius 3 is 2.27 bits per heavy atom. The van der Waals surface area contributed by atoms with Crippen LogP contribution < -0.4 is 5.32 Å². The molecule has 1 aromatic heterocycles. The number of piperidine rings is 3. The van der Waals surface area contributed by atoms with Gasteiger partial charge >= 0.3 is 12.1 Å². The zero-order valence-corrected chi connectivity index (χ0v) is 29.2. The van der Waals surface area contributed by atoms with Gasteiger partial charge in [-0.15, -0.1) is 11.3 Å². The van der Waals surface area contributed by atoms with Crippen LogP contribution in [0.1, 0.15) is 49.0 Å². The minimum absolute atomic E-state index is 0.0534. The number of hydrogen-bond donors (Lipinski definition) is 1. The van der Waals surface area contributed by atoms with Crippen molar-refractivity contribution in [3.05, 3.63) is 49.0 Å². The van der Waals surface area contributed by atoms with Gasteiger partial charge in [0, 0.05) is 52.5 Å². The molecule has 44 heavy (non-hydrogen) atoms. The fourth-order valence-corrected chi connectivity index (χ4v) is 8.70. The first-order chi connectivity index (χ1) is 21.2. The molecule has 1 aromatic carbocycles. The van der Waals surface area contributed by atoms with Crippen molar-refractivity contribution in [3.63, 3.8) is 0 Å². The van der Waals surface area contributed by atoms with Crippen LogP contribution in [0.3, 0.4) is 0 Å². The highest BCUT2D eigenvalue weighted by atomic mass is 79.9. The third-order valence-corrected chi connectivity index (χ3v) is 12.7. The quantitative estimate of drug-likeness (QED) is 0.369. The summed E-state index contributed by atoms with van der Waals surface area (Å²) in [6.07, 6.45) is 4.81. The van der Waals surface area contributed by atoms with E-state index in [-0.39, 0.29) is 18.0 Å². The summed E-state index contributed by atoms with van der Waals surface area (Å²) in [5, 5.41) is 4.98. The van der Waals surface area contributed by atoms with Crippen molar-refractivity contribution in [2.24, 2.45) is 11.8 Å². The molecule has 238 valence electrons. The van der Waals surface area contributed by atoms with E-state index in [0.717, 1.165) is 56.9 Å². The number of carbonyl (C=O) groups is 3. The topological polar surface area (TPSA) is 85.4 Å². The van der Waals surface area contributed by atoms with Crippen LogP contribution in [0, 0.1) is 11.8 Å². The van der Waals surface area contributed by atoms with E-state index in [1.807, 2.05) is 39.4 Å². The van der Waals surface area contributed by atoms with Gasteiger partial charge in [0.1, 0.15) is 0 Å². The van der Waals surface area contributed by atoms with Crippen molar-refractivity contribution in [3.8, 4) is 0 Å². The molecule has 0 bridgehead atoms. The Morgan fingerprint density at radius 1 is 0.932 bits per heavy atom. The summed E-state index contributed by atoms with van der Waals surface area (Å²) in [7, 11) is 2.19. The van der Waals surface area contributed by atoms with Crippen LogP contribution in [0.25, 0.3) is 0 Å². The van der Waals surface area contributed by atoms with E-state index in [2.05, 4.69) is 49.1 Å². The van der Waals surface area contributed by atoms with Crippen molar-refractivity contribution >= 4 is 66.9 Å². The Labute approximate surface area is 280 Å². The average Bonchev–Trinajstić information content (AvgIpc) is 3.49. The van der Waals surface area contributed by atoms with Gasteiger partial charge in [0.2, 0.25) is 0 Å². The monoisotopic (exact) mass is 749 g/mol. The first kappa shape index (κ1) is 31.8. The molecule has 0 saturated carbocycles. The molecule has 12 heteroatoms. The van der Waals surface area contributed by atoms with E-state index in [1.165, 1.54) is 12.8 Å². The highest BCUT2D eigenvalue weighted by Crippen LogP contribution is 2.34. The maximum absolute atomic E-state index is 13.9. The molecule has 1 N–H and O–H groups in total. The van der Waals surface area contributed by atoms with Crippen LogP contribution in [-0.4, -0.2) is 96.1 Å². The molecule has 0 aliphatic carbocycles. The van der Waals surface area contributed by atoms with Crippen LogP contribution in [0.5, 0.6) is 0 Å². The van der Waals surface area contributed by atoms with Crippen LogP contribution in [-0.2, 0) is 22.5 Å². The molecular weight excluding hydrogens is 710 g/mol. The van der Waals surface area contributed by atoms with Crippen molar-refractivity contribution in [1.29, 1.82) is 0 Å². The number of ether oxygens (including phenoxy) is 1. The second-order valence-electron chi connectivity index (χ2n) is 12.7. The number of carbonyl (C=O) groups excluding carboxylic acids is 3. The van der Waals surface area contributed by atoms with Gasteiger partial charge in [-0.05, 0) is 132 Å². The van der Waals surface area contributed by atoms with E-state index in [4.69, 9.17) is 4.74 Å². The number of benzene rings is 1. The van der Waals surface area contributed by atoms with Gasteiger partial charge in [-0.25, -0.2) is 9.59 Å². The van der Waals surface area contributed by atoms with E-state index in [0.29, 0.717) is 57.9 Å². The van der Waals surface area contributed by atoms with E-state index in [9.17, 15) is 14.4 Å². The summed E-state index contributed by atoms with van der Waals surface area (Å²) in [6.45, 7) is 5.30. The predicted octanol–water partition coefficient (Wildman–Crippen LogP) is 6.41. The fourth-order valence-electron chi connectivity index (χ4n) is 7.19. The molecule has 0 unspecified atom stereocenters. The summed E-state index contributed by atoms with van der Waals surface area (Å²) < 4.78 is 7.87. The van der Waals surface area contributed by atoms with E-state index < -0.39 is 12.2 Å². The van der Waals surface area contributed by atoms with Gasteiger partial charge in [-0.3, -0.25) is 4.79 Å². The number of nitrogens with one attached hydrogen (secondary N) is 1. The number of fused-ring (bicyclic) bond motifs is 1. The lowest BCUT2D eigenvalue weighted by Crippen LogP contribution is -2.52. The Kier molecular flexibility index (Phi) is 10.2. The normalized spacial score (nSPS) is 21.6. The molecule has 3 saturated heterocycles. The van der Waals surface area contributed by atoms with Crippen LogP contribution in [0.4, 0.5) is 15.3 Å². The number of anilines is 1. The maximum Gasteiger partial charge on any atom is 0.410 e. The lowest BCUT2D eigenvalue weighted by molar-refractivity contribution is -0.142. The van der Waals surface area contributed by atoms with Gasteiger partial charge < -0.3 is 29.7 Å². The van der Waals surface area contributed by atoms with Crippen molar-refractivity contribution in [1.82, 2.24) is 19.6 Å². The van der Waals surface area contributed by atoms with Crippen LogP contribution in [0.15, 0.2) is 38.6 Å². The van der Waals surface area contributed by atoms with Gasteiger partial charge in [-0.2, -0.15) is 0 Å². The highest BCUT2D eigenvalue weighted by molar-refractivity contribution is 9.13. The Balaban J connectivity index is 1.07. The molecule has 4 aliphatic rings. The zero-order chi connectivity index (χ0) is 30.8. The van der Waals surface area contributed by atoms with Gasteiger partial charge in [0.25, 0.3) is 5.91 Å². The molecule has 6 rings (SSSR count). The number of urea groups is 1. The van der Waals surface area contributed by atoms with Gasteiger partial charge in [0.05, 0.1) is 12.2 Å². The molecule has 4 amide bonds. The lowest BCUT2D eigenvalue weighted by atomic mass is 9.79. The number of hydrogen-bond acceptors (Lipinski definition) is 6. The zero-order valence-electron chi connectivity index (χ0n) is 25.2. The number of likely N-dealkylation sites (tertiary alicyclic amines) is 3. The SMILES string of the molecule is CN1CCC(C2CCN(C(=O)[C@@H](Cc3ccc(Br)c(Br)c3)OC(=O)N3CCC(N4Cc5sccc5NC4=O)CC3)CC2)CC1. The second kappa shape index (κ2) is 14.1. The molecule has 0 radical (unpaired) electrons. The third kappa shape index (κ3) is 7.29. The Hall–Kier alpha value is -2.15. The smallest absolute Gasteiger partial charge is 0.410 e. The first-order valence-electron chi connectivity index (χ1n) is 15.8. The molecule has 2 aromatic rings. The minimum atomic E-state index is -0.890. The summed E-state index contributed by atoms with van der Waals surface area (Å²) in [4.78, 5) is 49.2. The summed E-state index contributed by atoms with van der Waals surface area (Å²) in [6, 6.07) is 7.79. The third-order valence-electron chi connectivity index (χ3n) is 9.93. The molecule has 1 atom stereocenters. The number of amides is 4. The fraction of sp³-hybridized carbons (Fsp3) is 0.594. The van der Waals surface area contributed by atoms with Gasteiger partial charge in [-0.1, -0.05) is 6.07 Å². The van der Waals surface area contributed by atoms with Crippen molar-refractivity contribution in [2.75, 3.05) is 51.6 Å². The summed E-state index contributed by atoms with van der Waals surface area (Å²) in [5.74, 6) is 1.29. The highest BCUT2D eigenvalue weighted by Gasteiger charge is 2.37. The standard InChI is InChI=1S/C32H41Br2N5O4S/c1-36-11-4-22(5-12-36)23-6-13-37(14-7-23)30(40)28(19-21-2-3-25(33)26(34)18-21)43-32(42)38-15-8-24(9-16-38)39-20-29-27(10-17-44-29)35-31(39)41/h2-3,10,17-18,22-24,28H,4-9,11-16,19-20H2,1H3,(H,35,41)/t28-/m1/s1. The minimum Gasteiger partial charge on any atom is -0.436 e. The summed E-state index contributed by atoms with van der Waals surface area (Å²) >= 11 is 8.73. The van der Waals surface area contributed by atoms with E-state index in [1.54, 1.807) is 16.2 Å². The van der Waals surface area contributed by atoms with E-state index >= 15 is 0 Å². The van der Waals surface area contributed by atoms with Crippen LogP contribution >= 0.6 is 43.2 Å². The number of nitrogens with zero attached hydrogens (tertiary/aromatic N) is 4. The number of halogens is 2. The van der Waals surface area contributed by atoms with Crippen molar-refractivity contribution in [2.45, 2.75) is 63.6 Å². The first-order valence-corrected chi connectivity index (χ1v) is 18.2. The summed E-state index contributed by atoms with van der Waals surface area (Å²) in [5.41, 5.74) is 1.83. The Morgan fingerprint density at radius 2 is 1.59 bits per heavy atom. The molecule has 9 nitrogen and oxygen atoms in total. The lowest BCUT2D eigenvalue weighted by Gasteiger charge is -2.41. The second-order valence-corrected chi connectivity index (χ2v) is 15.4. The predicted molar refractivity (Wildman–Crippen MR) is 179 cm³/mol. The average molecular weight is 752 g/mol. The van der Waals surface area contributed by atoms with Crippen LogP contribution in [0.2, 0.25) is 0 Å². The molecule has 5 heterocycles. The number of rotatable bonds is 6. The molecular formula is C32H41Br2N5O4S. The largest absolute Gasteiger partial charge is 0.436 e. The molecule has 0 spiro atoms. The Bertz CT molecular complexity index is 1350.